The number of nitrogens with zero attached hydrogens (tertiary/aromatic N) is 1. The zero-order valence-corrected chi connectivity index (χ0v) is 11.9. The average molecular weight is 286 g/mol. The maximum absolute atomic E-state index is 12.9. The largest absolute Gasteiger partial charge is 0.390 e. The molecular weight excluding hydrogens is 265 g/mol. The smallest absolute Gasteiger partial charge is 0.314 e. The summed E-state index contributed by atoms with van der Waals surface area (Å²) in [6, 6.07) is 5.18. The third-order valence-corrected chi connectivity index (χ3v) is 3.65. The fourth-order valence-electron chi connectivity index (χ4n) is 2.87. The second kappa shape index (κ2) is 6.14. The summed E-state index contributed by atoms with van der Waals surface area (Å²) < 4.78 is 38.7. The Morgan fingerprint density at radius 3 is 2.15 bits per heavy atom. The molecule has 0 radical (unpaired) electrons. The number of rotatable bonds is 3. The fourth-order valence-corrected chi connectivity index (χ4v) is 2.87. The number of piperazine rings is 1. The molecule has 0 amide bonds. The third kappa shape index (κ3) is 4.21. The lowest BCUT2D eigenvalue weighted by atomic mass is 9.97. The zero-order chi connectivity index (χ0) is 14.8. The summed E-state index contributed by atoms with van der Waals surface area (Å²) in [6.07, 6.45) is -4.93. The molecule has 0 saturated carbocycles. The maximum atomic E-state index is 12.9. The molecule has 1 atom stereocenters. The van der Waals surface area contributed by atoms with Crippen LogP contribution in [0.5, 0.6) is 0 Å². The van der Waals surface area contributed by atoms with E-state index < -0.39 is 18.6 Å². The van der Waals surface area contributed by atoms with Crippen molar-refractivity contribution in [3.05, 3.63) is 34.9 Å². The topological polar surface area (TPSA) is 15.3 Å². The van der Waals surface area contributed by atoms with E-state index in [1.807, 2.05) is 36.9 Å². The predicted molar refractivity (Wildman–Crippen MR) is 73.8 cm³/mol. The Hall–Kier alpha value is -1.07. The lowest BCUT2D eigenvalue weighted by molar-refractivity contribution is -0.148. The molecular formula is C15H21F3N2. The summed E-state index contributed by atoms with van der Waals surface area (Å²) in [6.45, 7) is 6.68. The highest BCUT2D eigenvalue weighted by atomic mass is 19.4. The molecule has 0 aromatic heterocycles. The molecule has 1 aliphatic heterocycles. The number of alkyl halides is 3. The van der Waals surface area contributed by atoms with Crippen molar-refractivity contribution < 1.29 is 13.2 Å². The molecule has 0 unspecified atom stereocenters. The molecule has 0 aliphatic carbocycles. The van der Waals surface area contributed by atoms with Gasteiger partial charge in [0.15, 0.2) is 0 Å². The van der Waals surface area contributed by atoms with E-state index >= 15 is 0 Å². The van der Waals surface area contributed by atoms with E-state index in [-0.39, 0.29) is 0 Å². The van der Waals surface area contributed by atoms with Gasteiger partial charge >= 0.3 is 6.18 Å². The van der Waals surface area contributed by atoms with Crippen molar-refractivity contribution in [1.82, 2.24) is 10.2 Å². The van der Waals surface area contributed by atoms with Crippen LogP contribution < -0.4 is 5.32 Å². The quantitative estimate of drug-likeness (QED) is 0.918. The van der Waals surface area contributed by atoms with Crippen molar-refractivity contribution >= 4 is 0 Å². The van der Waals surface area contributed by atoms with Gasteiger partial charge in [-0.1, -0.05) is 29.3 Å². The lowest BCUT2D eigenvalue weighted by Crippen LogP contribution is -2.46. The van der Waals surface area contributed by atoms with E-state index in [0.717, 1.165) is 29.8 Å². The molecule has 1 aliphatic rings. The molecule has 1 heterocycles. The van der Waals surface area contributed by atoms with Crippen LogP contribution in [0.25, 0.3) is 0 Å². The van der Waals surface area contributed by atoms with Gasteiger partial charge in [0.05, 0.1) is 6.42 Å². The number of aryl methyl sites for hydroxylation is 2. The van der Waals surface area contributed by atoms with Gasteiger partial charge in [-0.25, -0.2) is 0 Å². The van der Waals surface area contributed by atoms with Crippen molar-refractivity contribution in [2.24, 2.45) is 0 Å². The first-order valence-electron chi connectivity index (χ1n) is 6.95. The SMILES string of the molecule is Cc1cc(C)cc([C@H](CC(F)(F)F)N2CCNCC2)c1. The Morgan fingerprint density at radius 1 is 1.10 bits per heavy atom. The van der Waals surface area contributed by atoms with Crippen molar-refractivity contribution in [3.8, 4) is 0 Å². The number of hydrogen-bond donors (Lipinski definition) is 1. The molecule has 1 aromatic carbocycles. The van der Waals surface area contributed by atoms with E-state index in [4.69, 9.17) is 0 Å². The van der Waals surface area contributed by atoms with Gasteiger partial charge in [-0.2, -0.15) is 13.2 Å². The minimum Gasteiger partial charge on any atom is -0.314 e. The average Bonchev–Trinajstić information content (AvgIpc) is 2.35. The van der Waals surface area contributed by atoms with Crippen molar-refractivity contribution in [3.63, 3.8) is 0 Å². The minimum atomic E-state index is -4.15. The number of nitrogens with one attached hydrogen (secondary N) is 1. The first-order valence-corrected chi connectivity index (χ1v) is 6.95. The first-order chi connectivity index (χ1) is 9.35. The third-order valence-electron chi connectivity index (χ3n) is 3.65. The van der Waals surface area contributed by atoms with Crippen LogP contribution in [0.15, 0.2) is 18.2 Å². The van der Waals surface area contributed by atoms with Gasteiger partial charge in [0.1, 0.15) is 0 Å². The van der Waals surface area contributed by atoms with E-state index in [9.17, 15) is 13.2 Å². The van der Waals surface area contributed by atoms with Gasteiger partial charge in [-0.05, 0) is 19.4 Å². The molecule has 20 heavy (non-hydrogen) atoms. The highest BCUT2D eigenvalue weighted by molar-refractivity contribution is 5.31. The first kappa shape index (κ1) is 15.3. The molecule has 1 saturated heterocycles. The molecule has 1 aromatic rings. The number of benzene rings is 1. The van der Waals surface area contributed by atoms with Crippen LogP contribution in [-0.2, 0) is 0 Å². The molecule has 112 valence electrons. The number of halogens is 3. The molecule has 1 N–H and O–H groups in total. The van der Waals surface area contributed by atoms with Crippen LogP contribution in [0.4, 0.5) is 13.2 Å². The Bertz CT molecular complexity index is 431. The van der Waals surface area contributed by atoms with Crippen LogP contribution in [-0.4, -0.2) is 37.3 Å². The van der Waals surface area contributed by atoms with E-state index in [2.05, 4.69) is 5.32 Å². The van der Waals surface area contributed by atoms with Crippen LogP contribution in [0.1, 0.15) is 29.2 Å². The second-order valence-corrected chi connectivity index (χ2v) is 5.54. The van der Waals surface area contributed by atoms with Crippen LogP contribution in [0.3, 0.4) is 0 Å². The Kier molecular flexibility index (Phi) is 4.70. The van der Waals surface area contributed by atoms with Gasteiger partial charge < -0.3 is 5.32 Å². The maximum Gasteiger partial charge on any atom is 0.390 e. The summed E-state index contributed by atoms with van der Waals surface area (Å²) >= 11 is 0. The van der Waals surface area contributed by atoms with Crippen molar-refractivity contribution in [1.29, 1.82) is 0 Å². The van der Waals surface area contributed by atoms with Gasteiger partial charge in [0.2, 0.25) is 0 Å². The summed E-state index contributed by atoms with van der Waals surface area (Å²) in [5.41, 5.74) is 2.81. The zero-order valence-electron chi connectivity index (χ0n) is 11.9. The Balaban J connectivity index is 2.29. The fraction of sp³-hybridized carbons (Fsp3) is 0.600. The lowest BCUT2D eigenvalue weighted by Gasteiger charge is -2.36. The monoisotopic (exact) mass is 286 g/mol. The molecule has 1 fully saturated rings. The van der Waals surface area contributed by atoms with Crippen LogP contribution >= 0.6 is 0 Å². The van der Waals surface area contributed by atoms with E-state index in [1.54, 1.807) is 0 Å². The van der Waals surface area contributed by atoms with Crippen molar-refractivity contribution in [2.45, 2.75) is 32.5 Å². The van der Waals surface area contributed by atoms with Gasteiger partial charge in [0.25, 0.3) is 0 Å². The summed E-state index contributed by atoms with van der Waals surface area (Å²) in [5, 5.41) is 3.18. The van der Waals surface area contributed by atoms with E-state index in [0.29, 0.717) is 13.1 Å². The Labute approximate surface area is 118 Å². The summed E-state index contributed by atoms with van der Waals surface area (Å²) in [5.74, 6) is 0. The van der Waals surface area contributed by atoms with Crippen LogP contribution in [0, 0.1) is 13.8 Å². The molecule has 5 heteroatoms. The standard InChI is InChI=1S/C15H21F3N2/c1-11-7-12(2)9-13(8-11)14(10-15(16,17)18)20-5-3-19-4-6-20/h7-9,14,19H,3-6,10H2,1-2H3/t14-/m0/s1. The van der Waals surface area contributed by atoms with Crippen LogP contribution in [0.2, 0.25) is 0 Å². The molecule has 0 bridgehead atoms. The van der Waals surface area contributed by atoms with Gasteiger partial charge in [0, 0.05) is 32.2 Å². The molecule has 2 rings (SSSR count). The predicted octanol–water partition coefficient (Wildman–Crippen LogP) is 3.20. The second-order valence-electron chi connectivity index (χ2n) is 5.54. The Morgan fingerprint density at radius 2 is 1.65 bits per heavy atom. The molecule has 2 nitrogen and oxygen atoms in total. The summed E-state index contributed by atoms with van der Waals surface area (Å²) in [4.78, 5) is 1.94. The highest BCUT2D eigenvalue weighted by Crippen LogP contribution is 2.34. The molecule has 0 spiro atoms. The number of hydrogen-bond acceptors (Lipinski definition) is 2. The minimum absolute atomic E-state index is 0.573. The van der Waals surface area contributed by atoms with Gasteiger partial charge in [-0.15, -0.1) is 0 Å². The normalized spacial score (nSPS) is 19.1. The van der Waals surface area contributed by atoms with E-state index in [1.165, 1.54) is 0 Å². The van der Waals surface area contributed by atoms with Crippen molar-refractivity contribution in [2.75, 3.05) is 26.2 Å². The summed E-state index contributed by atoms with van der Waals surface area (Å²) in [7, 11) is 0. The highest BCUT2D eigenvalue weighted by Gasteiger charge is 2.36. The van der Waals surface area contributed by atoms with Gasteiger partial charge in [-0.3, -0.25) is 4.90 Å².